The van der Waals surface area contributed by atoms with Crippen LogP contribution in [-0.4, -0.2) is 0 Å². The number of thiophene rings is 1. The van der Waals surface area contributed by atoms with Crippen molar-refractivity contribution >= 4 is 43.1 Å². The van der Waals surface area contributed by atoms with Crippen molar-refractivity contribution in [3.05, 3.63) is 71.6 Å². The van der Waals surface area contributed by atoms with Crippen LogP contribution in [0.1, 0.15) is 8.22 Å². The Balaban J connectivity index is 2.25. The van der Waals surface area contributed by atoms with E-state index in [0.29, 0.717) is 31.3 Å². The highest BCUT2D eigenvalue weighted by Crippen LogP contribution is 2.39. The zero-order valence-electron chi connectivity index (χ0n) is 16.2. The van der Waals surface area contributed by atoms with Gasteiger partial charge < -0.3 is 0 Å². The highest BCUT2D eigenvalue weighted by atomic mass is 35.5. The highest BCUT2D eigenvalue weighted by Gasteiger charge is 2.09. The Morgan fingerprint density at radius 2 is 1.75 bits per heavy atom. The molecule has 0 atom stereocenters. The Bertz CT molecular complexity index is 1200. The number of benzene rings is 3. The number of hydrogen-bond acceptors (Lipinski definition) is 1. The zero-order valence-corrected chi connectivity index (χ0v) is 11.7. The second-order valence-corrected chi connectivity index (χ2v) is 5.71. The van der Waals surface area contributed by atoms with Gasteiger partial charge in [-0.2, -0.15) is 0 Å². The molecule has 1 heterocycles. The third kappa shape index (κ3) is 1.82. The van der Waals surface area contributed by atoms with Gasteiger partial charge in [0.05, 0.1) is 8.22 Å². The monoisotopic (exact) mass is 300 g/mol. The van der Waals surface area contributed by atoms with Crippen LogP contribution in [0.25, 0.3) is 31.3 Å². The number of rotatable bonds is 1. The van der Waals surface area contributed by atoms with Crippen molar-refractivity contribution in [2.45, 2.75) is 0 Å². The van der Waals surface area contributed by atoms with Gasteiger partial charge in [-0.05, 0) is 29.3 Å². The van der Waals surface area contributed by atoms with Crippen molar-refractivity contribution in [2.24, 2.45) is 0 Å². The quantitative estimate of drug-likeness (QED) is 0.383. The van der Waals surface area contributed by atoms with E-state index < -0.39 is 0 Å². The van der Waals surface area contributed by atoms with Gasteiger partial charge >= 0.3 is 0 Å². The van der Waals surface area contributed by atoms with Crippen molar-refractivity contribution in [3.8, 4) is 11.1 Å². The summed E-state index contributed by atoms with van der Waals surface area (Å²) in [6.07, 6.45) is 0. The maximum atomic E-state index is 8.60. The van der Waals surface area contributed by atoms with Crippen LogP contribution in [-0.2, 0) is 0 Å². The number of fused-ring (bicyclic) bond motifs is 3. The molecule has 1 aromatic heterocycles. The normalized spacial score (nSPS) is 15.4. The van der Waals surface area contributed by atoms with E-state index in [1.807, 2.05) is 18.2 Å². The first-order valence-electron chi connectivity index (χ1n) is 9.01. The molecule has 0 spiro atoms. The lowest BCUT2D eigenvalue weighted by Crippen LogP contribution is -1.76. The van der Waals surface area contributed by atoms with Crippen LogP contribution in [0.3, 0.4) is 0 Å². The summed E-state index contributed by atoms with van der Waals surface area (Å²) in [4.78, 5) is 0. The van der Waals surface area contributed by atoms with Crippen molar-refractivity contribution in [2.75, 3.05) is 0 Å². The van der Waals surface area contributed by atoms with E-state index in [1.165, 1.54) is 0 Å². The van der Waals surface area contributed by atoms with E-state index >= 15 is 0 Å². The Kier molecular flexibility index (Phi) is 1.68. The van der Waals surface area contributed by atoms with Crippen LogP contribution < -0.4 is 0 Å². The summed E-state index contributed by atoms with van der Waals surface area (Å²) in [7, 11) is 0. The zero-order chi connectivity index (χ0) is 18.7. The van der Waals surface area contributed by atoms with Gasteiger partial charge in [-0.15, -0.1) is 11.3 Å². The van der Waals surface area contributed by atoms with Crippen LogP contribution in [0.2, 0.25) is 5.02 Å². The molecule has 20 heavy (non-hydrogen) atoms. The fourth-order valence-corrected chi connectivity index (χ4v) is 3.47. The van der Waals surface area contributed by atoms with E-state index in [-0.39, 0.29) is 41.3 Å². The first-order chi connectivity index (χ1) is 12.3. The molecule has 3 aromatic carbocycles. The average Bonchev–Trinajstić information content (AvgIpc) is 3.05. The van der Waals surface area contributed by atoms with Crippen LogP contribution in [0, 0.1) is 0 Å². The van der Waals surface area contributed by atoms with Crippen LogP contribution in [0.15, 0.2) is 66.6 Å². The van der Waals surface area contributed by atoms with Crippen LogP contribution >= 0.6 is 22.9 Å². The molecule has 4 aromatic rings. The fourth-order valence-electron chi connectivity index (χ4n) is 2.16. The lowest BCUT2D eigenvalue weighted by molar-refractivity contribution is 1.66. The van der Waals surface area contributed by atoms with Gasteiger partial charge in [0.2, 0.25) is 0 Å². The summed E-state index contributed by atoms with van der Waals surface area (Å²) in [5, 5.41) is 0.628. The molecule has 0 radical (unpaired) electrons. The predicted octanol–water partition coefficient (Wildman–Crippen LogP) is 6.37. The molecule has 0 saturated heterocycles. The fraction of sp³-hybridized carbons (Fsp3) is 0. The molecule has 0 nitrogen and oxygen atoms in total. The van der Waals surface area contributed by atoms with Crippen molar-refractivity contribution < 1.29 is 8.22 Å². The minimum absolute atomic E-state index is 0.00740. The number of hydrogen-bond donors (Lipinski definition) is 0. The summed E-state index contributed by atoms with van der Waals surface area (Å²) in [6.45, 7) is 0. The minimum Gasteiger partial charge on any atom is -0.135 e. The van der Waals surface area contributed by atoms with E-state index in [0.717, 1.165) is 11.3 Å². The van der Waals surface area contributed by atoms with Gasteiger partial charge in [-0.1, -0.05) is 60.1 Å². The topological polar surface area (TPSA) is 0 Å². The van der Waals surface area contributed by atoms with Gasteiger partial charge in [0, 0.05) is 25.2 Å². The van der Waals surface area contributed by atoms with E-state index in [9.17, 15) is 0 Å². The van der Waals surface area contributed by atoms with E-state index in [1.54, 1.807) is 12.1 Å². The van der Waals surface area contributed by atoms with Gasteiger partial charge in [0.15, 0.2) is 0 Å². The third-order valence-corrected chi connectivity index (χ3v) is 4.39. The van der Waals surface area contributed by atoms with Crippen LogP contribution in [0.4, 0.5) is 0 Å². The molecule has 2 heteroatoms. The second-order valence-electron chi connectivity index (χ2n) is 4.32. The molecule has 0 aliphatic heterocycles. The standard InChI is InChI=1S/C18H11ClS/c19-15-7-4-8-16-18(15)14-10-9-13(11-17(14)20-16)12-5-2-1-3-6-12/h1-11H/i4D,7D,8D,9D,10D,11D. The molecule has 0 N–H and O–H groups in total. The average molecular weight is 301 g/mol. The largest absolute Gasteiger partial charge is 0.135 e. The Morgan fingerprint density at radius 1 is 0.900 bits per heavy atom. The van der Waals surface area contributed by atoms with E-state index in [4.69, 9.17) is 19.8 Å². The molecule has 0 aliphatic rings. The van der Waals surface area contributed by atoms with Crippen molar-refractivity contribution in [1.29, 1.82) is 0 Å². The van der Waals surface area contributed by atoms with Gasteiger partial charge in [-0.25, -0.2) is 0 Å². The maximum absolute atomic E-state index is 8.60. The molecule has 0 amide bonds. The molecule has 4 rings (SSSR count). The lowest BCUT2D eigenvalue weighted by atomic mass is 10.0. The van der Waals surface area contributed by atoms with Gasteiger partial charge in [-0.3, -0.25) is 0 Å². The van der Waals surface area contributed by atoms with Gasteiger partial charge in [0.1, 0.15) is 0 Å². The first kappa shape index (κ1) is 7.26. The SMILES string of the molecule is [2H]c1c([2H])c(Cl)c2c(sc3c([2H])c(-c4ccccc4)c([2H])c([2H])c32)c1[2H]. The third-order valence-electron chi connectivity index (χ3n) is 3.09. The number of halogens is 1. The summed E-state index contributed by atoms with van der Waals surface area (Å²) in [6, 6.07) is 8.28. The summed E-state index contributed by atoms with van der Waals surface area (Å²) < 4.78 is 50.3. The lowest BCUT2D eigenvalue weighted by Gasteiger charge is -2.01. The molecule has 0 fully saturated rings. The smallest absolute Gasteiger partial charge is 0.0644 e. The Hall–Kier alpha value is -1.83. The Morgan fingerprint density at radius 3 is 2.60 bits per heavy atom. The molecule has 0 unspecified atom stereocenters. The van der Waals surface area contributed by atoms with Crippen LogP contribution in [0.5, 0.6) is 0 Å². The van der Waals surface area contributed by atoms with Gasteiger partial charge in [0.25, 0.3) is 0 Å². The molecule has 0 aliphatic carbocycles. The highest BCUT2D eigenvalue weighted by molar-refractivity contribution is 7.26. The van der Waals surface area contributed by atoms with Crippen molar-refractivity contribution in [3.63, 3.8) is 0 Å². The minimum atomic E-state index is -0.276. The maximum Gasteiger partial charge on any atom is 0.0644 e. The molecular weight excluding hydrogens is 284 g/mol. The first-order valence-corrected chi connectivity index (χ1v) is 7.20. The summed E-state index contributed by atoms with van der Waals surface area (Å²) in [5.41, 5.74) is 1.03. The summed E-state index contributed by atoms with van der Waals surface area (Å²) in [5.74, 6) is 0. The second kappa shape index (κ2) is 4.62. The molecule has 96 valence electrons. The molecular formula is C18H11ClS. The van der Waals surface area contributed by atoms with Crippen molar-refractivity contribution in [1.82, 2.24) is 0 Å². The predicted molar refractivity (Wildman–Crippen MR) is 89.8 cm³/mol. The Labute approximate surface area is 134 Å². The van der Waals surface area contributed by atoms with E-state index in [2.05, 4.69) is 0 Å². The molecule has 0 bridgehead atoms. The summed E-state index contributed by atoms with van der Waals surface area (Å²) >= 11 is 7.38. The molecule has 0 saturated carbocycles.